The third-order valence-electron chi connectivity index (χ3n) is 3.61. The van der Waals surface area contributed by atoms with Gasteiger partial charge in [-0.15, -0.1) is 0 Å². The van der Waals surface area contributed by atoms with Crippen molar-refractivity contribution in [2.45, 2.75) is 26.2 Å². The lowest BCUT2D eigenvalue weighted by Crippen LogP contribution is -2.50. The molecule has 0 aromatic carbocycles. The Balaban J connectivity index is 2.83. The highest BCUT2D eigenvalue weighted by Gasteiger charge is 2.43. The Morgan fingerprint density at radius 3 is 2.67 bits per heavy atom. The predicted molar refractivity (Wildman–Crippen MR) is 66.8 cm³/mol. The summed E-state index contributed by atoms with van der Waals surface area (Å²) < 4.78 is 30.1. The summed E-state index contributed by atoms with van der Waals surface area (Å²) in [7, 11) is -1.97. The zero-order chi connectivity index (χ0) is 13.8. The molecule has 18 heavy (non-hydrogen) atoms. The molecule has 1 saturated heterocycles. The number of sulfonamides is 1. The first kappa shape index (κ1) is 15.4. The van der Waals surface area contributed by atoms with E-state index in [0.717, 1.165) is 0 Å². The molecule has 1 aliphatic rings. The molecule has 7 heteroatoms. The maximum Gasteiger partial charge on any atom is 0.310 e. The van der Waals surface area contributed by atoms with Gasteiger partial charge in [0.05, 0.1) is 17.8 Å². The first-order valence-electron chi connectivity index (χ1n) is 6.08. The van der Waals surface area contributed by atoms with Crippen LogP contribution in [0, 0.1) is 5.41 Å². The summed E-state index contributed by atoms with van der Waals surface area (Å²) in [6.07, 6.45) is 1.57. The molecule has 0 bridgehead atoms. The topological polar surface area (TPSA) is 83.9 Å². The van der Waals surface area contributed by atoms with Gasteiger partial charge in [0.15, 0.2) is 0 Å². The third-order valence-corrected chi connectivity index (χ3v) is 5.39. The first-order chi connectivity index (χ1) is 8.38. The van der Waals surface area contributed by atoms with Crippen molar-refractivity contribution in [3.05, 3.63) is 0 Å². The summed E-state index contributed by atoms with van der Waals surface area (Å²) in [5.41, 5.74) is -0.932. The Bertz CT molecular complexity index is 394. The molecular weight excluding hydrogens is 258 g/mol. The minimum absolute atomic E-state index is 0.0743. The average Bonchev–Trinajstić information content (AvgIpc) is 2.36. The SMILES string of the molecule is CCC1(C(=O)O)CCCN(S(=O)(=O)CCOC)C1. The van der Waals surface area contributed by atoms with Crippen molar-refractivity contribution in [1.82, 2.24) is 4.31 Å². The fourth-order valence-corrected chi connectivity index (χ4v) is 3.75. The van der Waals surface area contributed by atoms with Crippen molar-refractivity contribution in [1.29, 1.82) is 0 Å². The van der Waals surface area contributed by atoms with E-state index in [9.17, 15) is 18.3 Å². The second kappa shape index (κ2) is 5.99. The van der Waals surface area contributed by atoms with Crippen LogP contribution in [0.5, 0.6) is 0 Å². The highest BCUT2D eigenvalue weighted by molar-refractivity contribution is 7.89. The highest BCUT2D eigenvalue weighted by Crippen LogP contribution is 2.34. The smallest absolute Gasteiger partial charge is 0.310 e. The Morgan fingerprint density at radius 2 is 2.17 bits per heavy atom. The molecule has 6 nitrogen and oxygen atoms in total. The molecule has 1 fully saturated rings. The van der Waals surface area contributed by atoms with Gasteiger partial charge in [-0.25, -0.2) is 12.7 Å². The summed E-state index contributed by atoms with van der Waals surface area (Å²) in [5, 5.41) is 9.30. The maximum atomic E-state index is 12.0. The van der Waals surface area contributed by atoms with E-state index in [2.05, 4.69) is 0 Å². The van der Waals surface area contributed by atoms with Gasteiger partial charge in [0.1, 0.15) is 0 Å². The molecule has 1 rings (SSSR count). The van der Waals surface area contributed by atoms with Crippen molar-refractivity contribution >= 4 is 16.0 Å². The number of carboxylic acid groups (broad SMARTS) is 1. The number of rotatable bonds is 6. The molecule has 0 amide bonds. The Hall–Kier alpha value is -0.660. The molecule has 1 aliphatic heterocycles. The van der Waals surface area contributed by atoms with Crippen molar-refractivity contribution in [2.24, 2.45) is 5.41 Å². The highest BCUT2D eigenvalue weighted by atomic mass is 32.2. The van der Waals surface area contributed by atoms with Crippen LogP contribution in [0.3, 0.4) is 0 Å². The van der Waals surface area contributed by atoms with Crippen LogP contribution >= 0.6 is 0 Å². The van der Waals surface area contributed by atoms with Crippen LogP contribution in [0.1, 0.15) is 26.2 Å². The van der Waals surface area contributed by atoms with Crippen molar-refractivity contribution in [3.8, 4) is 0 Å². The summed E-state index contributed by atoms with van der Waals surface area (Å²) in [6.45, 7) is 2.40. The molecule has 0 spiro atoms. The monoisotopic (exact) mass is 279 g/mol. The minimum Gasteiger partial charge on any atom is -0.481 e. The number of piperidine rings is 1. The van der Waals surface area contributed by atoms with Gasteiger partial charge in [0.25, 0.3) is 0 Å². The molecule has 1 atom stereocenters. The lowest BCUT2D eigenvalue weighted by molar-refractivity contribution is -0.151. The van der Waals surface area contributed by atoms with E-state index in [1.807, 2.05) is 0 Å². The summed E-state index contributed by atoms with van der Waals surface area (Å²) in [6, 6.07) is 0. The molecule has 0 radical (unpaired) electrons. The van der Waals surface area contributed by atoms with E-state index in [0.29, 0.717) is 25.8 Å². The summed E-state index contributed by atoms with van der Waals surface area (Å²) in [4.78, 5) is 11.3. The first-order valence-corrected chi connectivity index (χ1v) is 7.69. The van der Waals surface area contributed by atoms with Gasteiger partial charge in [-0.05, 0) is 19.3 Å². The van der Waals surface area contributed by atoms with Crippen LogP contribution in [-0.4, -0.2) is 56.4 Å². The molecule has 1 N–H and O–H groups in total. The lowest BCUT2D eigenvalue weighted by Gasteiger charge is -2.38. The molecule has 0 aromatic heterocycles. The third kappa shape index (κ3) is 3.21. The number of hydrogen-bond donors (Lipinski definition) is 1. The standard InChI is InChI=1S/C11H21NO5S/c1-3-11(10(13)14)5-4-6-12(9-11)18(15,16)8-7-17-2/h3-9H2,1-2H3,(H,13,14). The molecule has 0 aliphatic carbocycles. The quantitative estimate of drug-likeness (QED) is 0.767. The number of hydrogen-bond acceptors (Lipinski definition) is 4. The number of nitrogens with zero attached hydrogens (tertiary/aromatic N) is 1. The van der Waals surface area contributed by atoms with Crippen LogP contribution in [0.25, 0.3) is 0 Å². The Morgan fingerprint density at radius 1 is 1.50 bits per heavy atom. The van der Waals surface area contributed by atoms with Crippen molar-refractivity contribution in [3.63, 3.8) is 0 Å². The van der Waals surface area contributed by atoms with Crippen LogP contribution < -0.4 is 0 Å². The molecule has 0 aromatic rings. The second-order valence-corrected chi connectivity index (χ2v) is 6.77. The fraction of sp³-hybridized carbons (Fsp3) is 0.909. The zero-order valence-corrected chi connectivity index (χ0v) is 11.7. The molecule has 106 valence electrons. The van der Waals surface area contributed by atoms with Crippen LogP contribution in [-0.2, 0) is 19.6 Å². The van der Waals surface area contributed by atoms with E-state index < -0.39 is 21.4 Å². The predicted octanol–water partition coefficient (Wildman–Crippen LogP) is 0.539. The number of ether oxygens (including phenoxy) is 1. The average molecular weight is 279 g/mol. The Labute approximate surface area is 108 Å². The van der Waals surface area contributed by atoms with Gasteiger partial charge in [-0.3, -0.25) is 4.79 Å². The van der Waals surface area contributed by atoms with E-state index in [1.165, 1.54) is 11.4 Å². The number of carbonyl (C=O) groups is 1. The number of methoxy groups -OCH3 is 1. The molecule has 1 heterocycles. The normalized spacial score (nSPS) is 26.1. The van der Waals surface area contributed by atoms with Gasteiger partial charge >= 0.3 is 5.97 Å². The second-order valence-electron chi connectivity index (χ2n) is 4.68. The van der Waals surface area contributed by atoms with E-state index >= 15 is 0 Å². The van der Waals surface area contributed by atoms with Crippen LogP contribution in [0.4, 0.5) is 0 Å². The van der Waals surface area contributed by atoms with E-state index in [-0.39, 0.29) is 18.9 Å². The number of carboxylic acids is 1. The fourth-order valence-electron chi connectivity index (χ4n) is 2.26. The minimum atomic E-state index is -3.42. The van der Waals surface area contributed by atoms with Gasteiger partial charge < -0.3 is 9.84 Å². The van der Waals surface area contributed by atoms with Crippen LogP contribution in [0.2, 0.25) is 0 Å². The molecule has 0 saturated carbocycles. The number of aliphatic carboxylic acids is 1. The summed E-state index contributed by atoms with van der Waals surface area (Å²) in [5.74, 6) is -1.00. The largest absolute Gasteiger partial charge is 0.481 e. The lowest BCUT2D eigenvalue weighted by atomic mass is 9.78. The van der Waals surface area contributed by atoms with Gasteiger partial charge in [0.2, 0.25) is 10.0 Å². The van der Waals surface area contributed by atoms with Gasteiger partial charge in [-0.2, -0.15) is 0 Å². The maximum absolute atomic E-state index is 12.0. The zero-order valence-electron chi connectivity index (χ0n) is 10.9. The van der Waals surface area contributed by atoms with Crippen molar-refractivity contribution < 1.29 is 23.1 Å². The van der Waals surface area contributed by atoms with E-state index in [1.54, 1.807) is 6.92 Å². The van der Waals surface area contributed by atoms with Crippen molar-refractivity contribution in [2.75, 3.05) is 32.6 Å². The van der Waals surface area contributed by atoms with E-state index in [4.69, 9.17) is 4.74 Å². The summed E-state index contributed by atoms with van der Waals surface area (Å²) >= 11 is 0. The van der Waals surface area contributed by atoms with Crippen LogP contribution in [0.15, 0.2) is 0 Å². The van der Waals surface area contributed by atoms with Gasteiger partial charge in [-0.1, -0.05) is 6.92 Å². The molecule has 1 unspecified atom stereocenters. The Kier molecular flexibility index (Phi) is 5.12. The molecular formula is C11H21NO5S. The van der Waals surface area contributed by atoms with Gasteiger partial charge in [0, 0.05) is 20.2 Å².